The van der Waals surface area contributed by atoms with Crippen molar-refractivity contribution in [2.24, 2.45) is 0 Å². The Morgan fingerprint density at radius 3 is 2.55 bits per heavy atom. The zero-order valence-electron chi connectivity index (χ0n) is 16.6. The predicted molar refractivity (Wildman–Crippen MR) is 108 cm³/mol. The van der Waals surface area contributed by atoms with E-state index < -0.39 is 16.1 Å². The molecule has 0 radical (unpaired) electrons. The molecule has 1 unspecified atom stereocenters. The van der Waals surface area contributed by atoms with Crippen LogP contribution in [0.2, 0.25) is 0 Å². The highest BCUT2D eigenvalue weighted by molar-refractivity contribution is 7.90. The van der Waals surface area contributed by atoms with Crippen molar-refractivity contribution in [2.45, 2.75) is 37.6 Å². The molecule has 0 aliphatic carbocycles. The highest BCUT2D eigenvalue weighted by Crippen LogP contribution is 2.26. The predicted octanol–water partition coefficient (Wildman–Crippen LogP) is 1.84. The molecular weight excluding hydrogens is 396 g/mol. The van der Waals surface area contributed by atoms with Crippen molar-refractivity contribution >= 4 is 22.0 Å². The summed E-state index contributed by atoms with van der Waals surface area (Å²) >= 11 is 0. The van der Waals surface area contributed by atoms with Crippen LogP contribution < -0.4 is 20.1 Å². The molecule has 2 aromatic rings. The number of aromatic amines is 1. The quantitative estimate of drug-likeness (QED) is 0.490. The number of carbonyl (C=O) groups is 2. The second-order valence-corrected chi connectivity index (χ2v) is 7.90. The van der Waals surface area contributed by atoms with E-state index in [-0.39, 0.29) is 35.6 Å². The molecule has 0 aliphatic rings. The van der Waals surface area contributed by atoms with Gasteiger partial charge in [0.15, 0.2) is 0 Å². The summed E-state index contributed by atoms with van der Waals surface area (Å²) in [6.07, 6.45) is 4.30. The normalized spacial score (nSPS) is 12.1. The first-order valence-electron chi connectivity index (χ1n) is 9.23. The standard InChI is InChI=1S/C19H26N4O5S/c1-4-15(14-8-9-21-12-14)22-18(24)11-13-6-7-16(28-5-2)17(10-13)29(26,27)23-19(25)20-3/h6-10,12,15,21H,4-5,11H2,1-3H3,(H,22,24)(H2,20,23,25). The van der Waals surface area contributed by atoms with Crippen LogP contribution in [0.5, 0.6) is 5.75 Å². The SMILES string of the molecule is CCOc1ccc(CC(=O)NC(CC)c2cc[nH]c2)cc1S(=O)(=O)NC(=O)NC. The van der Waals surface area contributed by atoms with Gasteiger partial charge in [0.25, 0.3) is 10.0 Å². The van der Waals surface area contributed by atoms with Crippen molar-refractivity contribution in [1.29, 1.82) is 0 Å². The average Bonchev–Trinajstić information content (AvgIpc) is 3.21. The first kappa shape index (κ1) is 22.3. The molecule has 1 aromatic heterocycles. The van der Waals surface area contributed by atoms with E-state index in [1.807, 2.05) is 23.9 Å². The minimum absolute atomic E-state index is 0.0180. The Hall–Kier alpha value is -3.01. The highest BCUT2D eigenvalue weighted by atomic mass is 32.2. The smallest absolute Gasteiger partial charge is 0.328 e. The van der Waals surface area contributed by atoms with E-state index in [0.29, 0.717) is 12.0 Å². The second kappa shape index (κ2) is 9.97. The zero-order chi connectivity index (χ0) is 21.4. The number of aromatic nitrogens is 1. The van der Waals surface area contributed by atoms with Gasteiger partial charge in [-0.05, 0) is 42.7 Å². The van der Waals surface area contributed by atoms with Gasteiger partial charge in [0.1, 0.15) is 10.6 Å². The summed E-state index contributed by atoms with van der Waals surface area (Å²) in [5, 5.41) is 5.13. The minimum Gasteiger partial charge on any atom is -0.492 e. The lowest BCUT2D eigenvalue weighted by atomic mass is 10.1. The molecule has 0 aliphatic heterocycles. The van der Waals surface area contributed by atoms with E-state index in [2.05, 4.69) is 15.6 Å². The largest absolute Gasteiger partial charge is 0.492 e. The number of hydrogen-bond donors (Lipinski definition) is 4. The van der Waals surface area contributed by atoms with Gasteiger partial charge in [-0.25, -0.2) is 17.9 Å². The summed E-state index contributed by atoms with van der Waals surface area (Å²) in [6.45, 7) is 3.93. The third-order valence-electron chi connectivity index (χ3n) is 4.18. The van der Waals surface area contributed by atoms with Crippen molar-refractivity contribution in [1.82, 2.24) is 20.3 Å². The molecular formula is C19H26N4O5S. The van der Waals surface area contributed by atoms with E-state index in [4.69, 9.17) is 4.74 Å². The van der Waals surface area contributed by atoms with Gasteiger partial charge in [0.2, 0.25) is 5.91 Å². The second-order valence-electron chi connectivity index (χ2n) is 6.25. The summed E-state index contributed by atoms with van der Waals surface area (Å²) in [5.41, 5.74) is 1.44. The Morgan fingerprint density at radius 1 is 1.21 bits per heavy atom. The summed E-state index contributed by atoms with van der Waals surface area (Å²) in [5.74, 6) is -0.142. The molecule has 1 heterocycles. The summed E-state index contributed by atoms with van der Waals surface area (Å²) in [4.78, 5) is 26.7. The lowest BCUT2D eigenvalue weighted by molar-refractivity contribution is -0.121. The van der Waals surface area contributed by atoms with Crippen LogP contribution >= 0.6 is 0 Å². The van der Waals surface area contributed by atoms with Gasteiger partial charge in [-0.2, -0.15) is 0 Å². The number of ether oxygens (including phenoxy) is 1. The molecule has 158 valence electrons. The molecule has 29 heavy (non-hydrogen) atoms. The maximum Gasteiger partial charge on any atom is 0.328 e. The molecule has 0 saturated carbocycles. The Balaban J connectivity index is 2.23. The van der Waals surface area contributed by atoms with Crippen molar-refractivity contribution in [2.75, 3.05) is 13.7 Å². The van der Waals surface area contributed by atoms with Crippen LogP contribution in [0, 0.1) is 0 Å². The first-order valence-corrected chi connectivity index (χ1v) is 10.7. The maximum atomic E-state index is 12.6. The first-order chi connectivity index (χ1) is 13.8. The van der Waals surface area contributed by atoms with Gasteiger partial charge in [0, 0.05) is 19.4 Å². The van der Waals surface area contributed by atoms with Gasteiger partial charge in [-0.3, -0.25) is 4.79 Å². The molecule has 0 bridgehead atoms. The number of sulfonamides is 1. The third-order valence-corrected chi connectivity index (χ3v) is 5.54. The van der Waals surface area contributed by atoms with E-state index in [1.165, 1.54) is 19.2 Å². The van der Waals surface area contributed by atoms with E-state index in [1.54, 1.807) is 19.2 Å². The molecule has 0 fully saturated rings. The summed E-state index contributed by atoms with van der Waals surface area (Å²) in [6, 6.07) is 5.32. The molecule has 1 atom stereocenters. The van der Waals surface area contributed by atoms with Crippen LogP contribution in [0.1, 0.15) is 37.4 Å². The van der Waals surface area contributed by atoms with Crippen molar-refractivity contribution in [3.63, 3.8) is 0 Å². The lowest BCUT2D eigenvalue weighted by Crippen LogP contribution is -2.37. The van der Waals surface area contributed by atoms with Gasteiger partial charge < -0.3 is 20.4 Å². The van der Waals surface area contributed by atoms with E-state index in [0.717, 1.165) is 5.56 Å². The van der Waals surface area contributed by atoms with Gasteiger partial charge >= 0.3 is 6.03 Å². The zero-order valence-corrected chi connectivity index (χ0v) is 17.4. The van der Waals surface area contributed by atoms with Crippen molar-refractivity contribution in [3.05, 3.63) is 47.8 Å². The van der Waals surface area contributed by atoms with Crippen LogP contribution in [0.3, 0.4) is 0 Å². The number of nitrogens with one attached hydrogen (secondary N) is 4. The number of amides is 3. The Kier molecular flexibility index (Phi) is 7.66. The fraction of sp³-hybridized carbons (Fsp3) is 0.368. The van der Waals surface area contributed by atoms with Gasteiger partial charge in [0.05, 0.1) is 19.1 Å². The van der Waals surface area contributed by atoms with Crippen LogP contribution in [0.15, 0.2) is 41.6 Å². The molecule has 3 amide bonds. The monoisotopic (exact) mass is 422 g/mol. The molecule has 10 heteroatoms. The molecule has 0 spiro atoms. The average molecular weight is 423 g/mol. The molecule has 1 aromatic carbocycles. The minimum atomic E-state index is -4.17. The van der Waals surface area contributed by atoms with E-state index in [9.17, 15) is 18.0 Å². The summed E-state index contributed by atoms with van der Waals surface area (Å²) in [7, 11) is -2.86. The Labute approximate surface area is 170 Å². The Morgan fingerprint density at radius 2 is 1.97 bits per heavy atom. The fourth-order valence-electron chi connectivity index (χ4n) is 2.78. The fourth-order valence-corrected chi connectivity index (χ4v) is 3.94. The highest BCUT2D eigenvalue weighted by Gasteiger charge is 2.23. The number of benzene rings is 1. The van der Waals surface area contributed by atoms with Crippen LogP contribution in [0.4, 0.5) is 4.79 Å². The number of hydrogen-bond acceptors (Lipinski definition) is 5. The van der Waals surface area contributed by atoms with Crippen LogP contribution in [-0.4, -0.2) is 39.0 Å². The van der Waals surface area contributed by atoms with Crippen LogP contribution in [0.25, 0.3) is 0 Å². The Bertz CT molecular complexity index is 942. The number of H-pyrrole nitrogens is 1. The van der Waals surface area contributed by atoms with Crippen molar-refractivity contribution < 1.29 is 22.7 Å². The number of rotatable bonds is 9. The van der Waals surface area contributed by atoms with Gasteiger partial charge in [-0.15, -0.1) is 0 Å². The van der Waals surface area contributed by atoms with Crippen LogP contribution in [-0.2, 0) is 21.2 Å². The van der Waals surface area contributed by atoms with E-state index >= 15 is 0 Å². The number of carbonyl (C=O) groups excluding carboxylic acids is 2. The molecule has 2 rings (SSSR count). The maximum absolute atomic E-state index is 12.6. The third kappa shape index (κ3) is 5.98. The molecule has 0 saturated heterocycles. The molecule has 9 nitrogen and oxygen atoms in total. The summed E-state index contributed by atoms with van der Waals surface area (Å²) < 4.78 is 32.4. The topological polar surface area (TPSA) is 129 Å². The lowest BCUT2D eigenvalue weighted by Gasteiger charge is -2.17. The molecule has 4 N–H and O–H groups in total. The number of urea groups is 1. The van der Waals surface area contributed by atoms with Gasteiger partial charge in [-0.1, -0.05) is 13.0 Å². The van der Waals surface area contributed by atoms with Crippen molar-refractivity contribution in [3.8, 4) is 5.75 Å².